The second-order valence-electron chi connectivity index (χ2n) is 12.6. The zero-order chi connectivity index (χ0) is 29.4. The summed E-state index contributed by atoms with van der Waals surface area (Å²) in [5, 5.41) is 2.81. The Labute approximate surface area is 258 Å². The van der Waals surface area contributed by atoms with Crippen LogP contribution >= 0.6 is 0 Å². The van der Waals surface area contributed by atoms with Crippen molar-refractivity contribution >= 4 is 27.8 Å². The average molecular weight is 562 g/mol. The second-order valence-corrected chi connectivity index (χ2v) is 12.6. The van der Waals surface area contributed by atoms with Gasteiger partial charge in [-0.25, -0.2) is 0 Å². The molecule has 0 spiro atoms. The maximum atomic E-state index is 2.42. The highest BCUT2D eigenvalue weighted by Gasteiger charge is 2.37. The number of para-hydroxylation sites is 2. The maximum Gasteiger partial charge on any atom is 0.0465 e. The van der Waals surface area contributed by atoms with Gasteiger partial charge in [-0.05, 0) is 109 Å². The molecule has 2 aliphatic rings. The first kappa shape index (κ1) is 25.1. The first-order valence-electron chi connectivity index (χ1n) is 15.5. The van der Waals surface area contributed by atoms with Crippen LogP contribution in [0.4, 0.5) is 17.1 Å². The molecule has 9 rings (SSSR count). The molecule has 0 bridgehead atoms. The molecule has 0 aliphatic heterocycles. The van der Waals surface area contributed by atoms with Crippen molar-refractivity contribution in [2.24, 2.45) is 0 Å². The van der Waals surface area contributed by atoms with E-state index in [0.717, 1.165) is 11.4 Å². The lowest BCUT2D eigenvalue weighted by Crippen LogP contribution is -2.24. The van der Waals surface area contributed by atoms with E-state index in [1.165, 1.54) is 72.1 Å². The van der Waals surface area contributed by atoms with Gasteiger partial charge < -0.3 is 4.90 Å². The van der Waals surface area contributed by atoms with Gasteiger partial charge in [0.25, 0.3) is 0 Å². The molecule has 0 amide bonds. The molecule has 0 aromatic heterocycles. The van der Waals surface area contributed by atoms with E-state index in [4.69, 9.17) is 0 Å². The van der Waals surface area contributed by atoms with Crippen LogP contribution in [-0.4, -0.2) is 0 Å². The van der Waals surface area contributed by atoms with E-state index in [2.05, 4.69) is 170 Å². The van der Waals surface area contributed by atoms with Crippen molar-refractivity contribution in [3.8, 4) is 44.5 Å². The van der Waals surface area contributed by atoms with Gasteiger partial charge >= 0.3 is 0 Å². The summed E-state index contributed by atoms with van der Waals surface area (Å²) in [5.74, 6) is 0. The van der Waals surface area contributed by atoms with Gasteiger partial charge in [0.2, 0.25) is 0 Å². The van der Waals surface area contributed by atoms with E-state index >= 15 is 0 Å². The van der Waals surface area contributed by atoms with Crippen LogP contribution < -0.4 is 4.90 Å². The smallest absolute Gasteiger partial charge is 0.0465 e. The van der Waals surface area contributed by atoms with Crippen LogP contribution in [0, 0.1) is 0 Å². The first-order valence-corrected chi connectivity index (χ1v) is 15.5. The minimum atomic E-state index is -0.168. The molecular weight excluding hydrogens is 530 g/mol. The highest BCUT2D eigenvalue weighted by atomic mass is 15.1. The van der Waals surface area contributed by atoms with Crippen LogP contribution in [0.15, 0.2) is 152 Å². The molecule has 44 heavy (non-hydrogen) atoms. The van der Waals surface area contributed by atoms with Crippen LogP contribution in [0.1, 0.15) is 25.0 Å². The summed E-state index contributed by atoms with van der Waals surface area (Å²) >= 11 is 0. The molecule has 1 heteroatoms. The highest BCUT2D eigenvalue weighted by Crippen LogP contribution is 2.57. The lowest BCUT2D eigenvalue weighted by molar-refractivity contribution is 0.645. The quantitative estimate of drug-likeness (QED) is 0.207. The fraction of sp³-hybridized carbons (Fsp3) is 0.0698. The third kappa shape index (κ3) is 3.53. The molecule has 0 saturated heterocycles. The summed E-state index contributed by atoms with van der Waals surface area (Å²) in [7, 11) is 0. The molecule has 0 N–H and O–H groups in total. The van der Waals surface area contributed by atoms with Crippen molar-refractivity contribution in [2.75, 3.05) is 4.90 Å². The van der Waals surface area contributed by atoms with Gasteiger partial charge in [0.1, 0.15) is 0 Å². The Balaban J connectivity index is 1.24. The SMILES string of the molecule is CC1(C)c2cc(N(c3ccccc3)c3ccccc3)ccc2-c2ccc3c4c(ccc1c24)-c1cc(-c2ccccc2)ccc1-3. The lowest BCUT2D eigenvalue weighted by atomic mass is 9.68. The third-order valence-electron chi connectivity index (χ3n) is 9.79. The molecule has 2 aliphatic carbocycles. The standard InChI is InChI=1S/C43H31N/c1-43(2)39-25-24-37-38-26-29(28-12-6-3-7-13-28)18-20-33(38)35-22-23-36(42(39)41(35)37)34-21-19-32(27-40(34)43)44(30-14-8-4-9-15-30)31-16-10-5-11-17-31/h3-27H,1-2H3. The number of rotatable bonds is 4. The molecule has 7 aromatic carbocycles. The van der Waals surface area contributed by atoms with Gasteiger partial charge in [0.15, 0.2) is 0 Å². The van der Waals surface area contributed by atoms with Crippen molar-refractivity contribution in [1.82, 2.24) is 0 Å². The van der Waals surface area contributed by atoms with Crippen molar-refractivity contribution in [3.63, 3.8) is 0 Å². The summed E-state index contributed by atoms with van der Waals surface area (Å²) in [6.07, 6.45) is 0. The minimum absolute atomic E-state index is 0.168. The van der Waals surface area contributed by atoms with E-state index < -0.39 is 0 Å². The molecule has 0 heterocycles. The zero-order valence-electron chi connectivity index (χ0n) is 24.9. The number of fused-ring (bicyclic) bond motifs is 5. The van der Waals surface area contributed by atoms with Gasteiger partial charge in [-0.2, -0.15) is 0 Å². The fourth-order valence-electron chi connectivity index (χ4n) is 7.67. The second kappa shape index (κ2) is 9.30. The number of hydrogen-bond donors (Lipinski definition) is 0. The van der Waals surface area contributed by atoms with E-state index in [1.807, 2.05) is 0 Å². The summed E-state index contributed by atoms with van der Waals surface area (Å²) < 4.78 is 0. The van der Waals surface area contributed by atoms with Crippen molar-refractivity contribution in [3.05, 3.63) is 163 Å². The average Bonchev–Trinajstić information content (AvgIpc) is 3.40. The molecule has 0 radical (unpaired) electrons. The Hall–Kier alpha value is -5.40. The number of benzene rings is 7. The summed E-state index contributed by atoms with van der Waals surface area (Å²) in [4.78, 5) is 2.36. The van der Waals surface area contributed by atoms with Crippen LogP contribution in [0.3, 0.4) is 0 Å². The Morgan fingerprint density at radius 3 is 1.59 bits per heavy atom. The highest BCUT2D eigenvalue weighted by molar-refractivity contribution is 6.21. The molecule has 0 saturated carbocycles. The van der Waals surface area contributed by atoms with Crippen LogP contribution in [0.5, 0.6) is 0 Å². The molecule has 0 unspecified atom stereocenters. The van der Waals surface area contributed by atoms with E-state index in [9.17, 15) is 0 Å². The minimum Gasteiger partial charge on any atom is -0.310 e. The number of hydrogen-bond acceptors (Lipinski definition) is 1. The predicted molar refractivity (Wildman–Crippen MR) is 186 cm³/mol. The van der Waals surface area contributed by atoms with Crippen molar-refractivity contribution in [1.29, 1.82) is 0 Å². The van der Waals surface area contributed by atoms with Crippen molar-refractivity contribution < 1.29 is 0 Å². The van der Waals surface area contributed by atoms with Gasteiger partial charge in [-0.3, -0.25) is 0 Å². The largest absolute Gasteiger partial charge is 0.310 e. The van der Waals surface area contributed by atoms with E-state index in [1.54, 1.807) is 0 Å². The van der Waals surface area contributed by atoms with Crippen LogP contribution in [-0.2, 0) is 5.41 Å². The van der Waals surface area contributed by atoms with Gasteiger partial charge in [-0.1, -0.05) is 123 Å². The molecule has 7 aromatic rings. The van der Waals surface area contributed by atoms with Gasteiger partial charge in [0, 0.05) is 22.5 Å². The normalized spacial score (nSPS) is 13.4. The Morgan fingerprint density at radius 2 is 0.909 bits per heavy atom. The Morgan fingerprint density at radius 1 is 0.364 bits per heavy atom. The molecule has 208 valence electrons. The van der Waals surface area contributed by atoms with Crippen molar-refractivity contribution in [2.45, 2.75) is 19.3 Å². The monoisotopic (exact) mass is 561 g/mol. The molecular formula is C43H31N. The Bertz CT molecular complexity index is 2190. The van der Waals surface area contributed by atoms with Crippen LogP contribution in [0.2, 0.25) is 0 Å². The van der Waals surface area contributed by atoms with Gasteiger partial charge in [0.05, 0.1) is 0 Å². The molecule has 0 atom stereocenters. The van der Waals surface area contributed by atoms with E-state index in [0.29, 0.717) is 0 Å². The first-order chi connectivity index (χ1) is 21.6. The Kier molecular flexibility index (Phi) is 5.31. The summed E-state index contributed by atoms with van der Waals surface area (Å²) in [5.41, 5.74) is 16.6. The molecule has 0 fully saturated rings. The predicted octanol–water partition coefficient (Wildman–Crippen LogP) is 11.9. The van der Waals surface area contributed by atoms with Gasteiger partial charge in [-0.15, -0.1) is 0 Å². The van der Waals surface area contributed by atoms with Crippen LogP contribution in [0.25, 0.3) is 55.3 Å². The lowest BCUT2D eigenvalue weighted by Gasteiger charge is -2.37. The maximum absolute atomic E-state index is 2.42. The fourth-order valence-corrected chi connectivity index (χ4v) is 7.67. The molecule has 1 nitrogen and oxygen atoms in total. The third-order valence-corrected chi connectivity index (χ3v) is 9.79. The summed E-state index contributed by atoms with van der Waals surface area (Å²) in [6, 6.07) is 55.6. The zero-order valence-corrected chi connectivity index (χ0v) is 24.9. The topological polar surface area (TPSA) is 3.24 Å². The summed E-state index contributed by atoms with van der Waals surface area (Å²) in [6.45, 7) is 4.79. The number of anilines is 3. The number of nitrogens with zero attached hydrogens (tertiary/aromatic N) is 1. The van der Waals surface area contributed by atoms with E-state index in [-0.39, 0.29) is 5.41 Å².